The topological polar surface area (TPSA) is 64.1 Å². The number of nitrogens with two attached hydrogens (primary N) is 1. The van der Waals surface area contributed by atoms with Crippen LogP contribution in [0, 0.1) is 13.8 Å². The first-order chi connectivity index (χ1) is 6.87. The van der Waals surface area contributed by atoms with E-state index in [1.165, 1.54) is 0 Å². The molecule has 0 amide bonds. The van der Waals surface area contributed by atoms with Crippen LogP contribution >= 0.6 is 11.6 Å². The van der Waals surface area contributed by atoms with Crippen LogP contribution in [0.25, 0.3) is 0 Å². The zero-order valence-electron chi connectivity index (χ0n) is 9.42. The van der Waals surface area contributed by atoms with E-state index >= 15 is 0 Å². The van der Waals surface area contributed by atoms with Gasteiger partial charge in [-0.15, -0.1) is 0 Å². The van der Waals surface area contributed by atoms with Gasteiger partial charge in [-0.05, 0) is 27.2 Å². The Morgan fingerprint density at radius 3 is 2.53 bits per heavy atom. The monoisotopic (exact) mass is 231 g/mol. The van der Waals surface area contributed by atoms with Crippen LogP contribution in [0.2, 0.25) is 5.02 Å². The molecular formula is C10H18ClN3O. The number of aryl methyl sites for hydroxylation is 2. The molecule has 0 bridgehead atoms. The van der Waals surface area contributed by atoms with Crippen LogP contribution in [0.5, 0.6) is 0 Å². The van der Waals surface area contributed by atoms with Gasteiger partial charge in [-0.1, -0.05) is 11.6 Å². The van der Waals surface area contributed by atoms with Crippen LogP contribution in [0.4, 0.5) is 0 Å². The minimum Gasteiger partial charge on any atom is -0.389 e. The Morgan fingerprint density at radius 2 is 2.13 bits per heavy atom. The Labute approximate surface area is 95.0 Å². The van der Waals surface area contributed by atoms with Crippen molar-refractivity contribution in [3.63, 3.8) is 0 Å². The highest BCUT2D eigenvalue weighted by Crippen LogP contribution is 2.20. The SMILES string of the molecule is Cc1nn(CCC(C)(O)CN)c(C)c1Cl. The molecule has 0 radical (unpaired) electrons. The van der Waals surface area contributed by atoms with Crippen LogP contribution in [0.3, 0.4) is 0 Å². The number of nitrogens with zero attached hydrogens (tertiary/aromatic N) is 2. The van der Waals surface area contributed by atoms with Crippen molar-refractivity contribution in [1.82, 2.24) is 9.78 Å². The molecule has 86 valence electrons. The number of hydrogen-bond donors (Lipinski definition) is 2. The van der Waals surface area contributed by atoms with Crippen molar-refractivity contribution >= 4 is 11.6 Å². The van der Waals surface area contributed by atoms with Crippen LogP contribution in [-0.4, -0.2) is 27.0 Å². The average molecular weight is 232 g/mol. The van der Waals surface area contributed by atoms with Gasteiger partial charge < -0.3 is 10.8 Å². The fourth-order valence-electron chi connectivity index (χ4n) is 1.34. The summed E-state index contributed by atoms with van der Waals surface area (Å²) in [6.45, 7) is 6.39. The van der Waals surface area contributed by atoms with Crippen molar-refractivity contribution in [2.45, 2.75) is 39.3 Å². The van der Waals surface area contributed by atoms with Crippen LogP contribution in [0.15, 0.2) is 0 Å². The van der Waals surface area contributed by atoms with E-state index < -0.39 is 5.60 Å². The third-order valence-corrected chi connectivity index (χ3v) is 3.14. The molecule has 0 aliphatic carbocycles. The quantitative estimate of drug-likeness (QED) is 0.820. The molecule has 1 rings (SSSR count). The second-order valence-corrected chi connectivity index (χ2v) is 4.54. The van der Waals surface area contributed by atoms with Gasteiger partial charge in [0.25, 0.3) is 0 Å². The molecule has 0 aromatic carbocycles. The van der Waals surface area contributed by atoms with Gasteiger partial charge in [0, 0.05) is 13.1 Å². The Kier molecular flexibility index (Phi) is 3.76. The van der Waals surface area contributed by atoms with Crippen LogP contribution < -0.4 is 5.73 Å². The van der Waals surface area contributed by atoms with Crippen molar-refractivity contribution in [2.75, 3.05) is 6.54 Å². The molecule has 3 N–H and O–H groups in total. The van der Waals surface area contributed by atoms with Gasteiger partial charge in [0.05, 0.1) is 22.0 Å². The molecule has 1 aromatic heterocycles. The number of hydrogen-bond acceptors (Lipinski definition) is 3. The Hall–Kier alpha value is -0.580. The first-order valence-electron chi connectivity index (χ1n) is 4.99. The molecule has 4 nitrogen and oxygen atoms in total. The fourth-order valence-corrected chi connectivity index (χ4v) is 1.48. The Balaban J connectivity index is 2.70. The predicted octanol–water partition coefficient (Wildman–Crippen LogP) is 1.25. The molecule has 0 saturated heterocycles. The molecule has 0 fully saturated rings. The summed E-state index contributed by atoms with van der Waals surface area (Å²) in [5, 5.41) is 14.7. The second-order valence-electron chi connectivity index (χ2n) is 4.16. The Morgan fingerprint density at radius 1 is 1.53 bits per heavy atom. The van der Waals surface area contributed by atoms with E-state index in [1.807, 2.05) is 18.5 Å². The standard InChI is InChI=1S/C10H18ClN3O/c1-7-9(11)8(2)14(13-7)5-4-10(3,15)6-12/h15H,4-6,12H2,1-3H3. The normalized spacial score (nSPS) is 15.3. The number of halogens is 1. The average Bonchev–Trinajstić information content (AvgIpc) is 2.43. The molecule has 0 saturated carbocycles. The van der Waals surface area contributed by atoms with E-state index in [0.717, 1.165) is 11.4 Å². The van der Waals surface area contributed by atoms with E-state index in [2.05, 4.69) is 5.10 Å². The van der Waals surface area contributed by atoms with Gasteiger partial charge in [0.15, 0.2) is 0 Å². The molecule has 5 heteroatoms. The summed E-state index contributed by atoms with van der Waals surface area (Å²) in [7, 11) is 0. The molecule has 0 aliphatic rings. The maximum absolute atomic E-state index is 9.75. The molecule has 15 heavy (non-hydrogen) atoms. The van der Waals surface area contributed by atoms with E-state index in [-0.39, 0.29) is 6.54 Å². The van der Waals surface area contributed by atoms with Gasteiger partial charge >= 0.3 is 0 Å². The molecule has 1 heterocycles. The molecule has 0 spiro atoms. The lowest BCUT2D eigenvalue weighted by molar-refractivity contribution is 0.0541. The molecule has 1 unspecified atom stereocenters. The van der Waals surface area contributed by atoms with E-state index in [4.69, 9.17) is 17.3 Å². The second kappa shape index (κ2) is 4.51. The van der Waals surface area contributed by atoms with Crippen molar-refractivity contribution < 1.29 is 5.11 Å². The summed E-state index contributed by atoms with van der Waals surface area (Å²) in [6.07, 6.45) is 0.571. The summed E-state index contributed by atoms with van der Waals surface area (Å²) in [6, 6.07) is 0. The van der Waals surface area contributed by atoms with Crippen molar-refractivity contribution in [1.29, 1.82) is 0 Å². The lowest BCUT2D eigenvalue weighted by Crippen LogP contribution is -2.35. The van der Waals surface area contributed by atoms with Crippen molar-refractivity contribution in [3.05, 3.63) is 16.4 Å². The van der Waals surface area contributed by atoms with Gasteiger partial charge in [0.2, 0.25) is 0 Å². The summed E-state index contributed by atoms with van der Waals surface area (Å²) >= 11 is 6.01. The lowest BCUT2D eigenvalue weighted by Gasteiger charge is -2.20. The summed E-state index contributed by atoms with van der Waals surface area (Å²) in [4.78, 5) is 0. The molecule has 0 aliphatic heterocycles. The zero-order valence-corrected chi connectivity index (χ0v) is 10.2. The first kappa shape index (κ1) is 12.5. The van der Waals surface area contributed by atoms with Crippen molar-refractivity contribution in [3.8, 4) is 0 Å². The first-order valence-corrected chi connectivity index (χ1v) is 5.37. The van der Waals surface area contributed by atoms with Gasteiger partial charge in [0.1, 0.15) is 0 Å². The van der Waals surface area contributed by atoms with E-state index in [1.54, 1.807) is 6.92 Å². The largest absolute Gasteiger partial charge is 0.389 e. The van der Waals surface area contributed by atoms with Crippen LogP contribution in [-0.2, 0) is 6.54 Å². The number of rotatable bonds is 4. The van der Waals surface area contributed by atoms with Crippen molar-refractivity contribution in [2.24, 2.45) is 5.73 Å². The molecular weight excluding hydrogens is 214 g/mol. The van der Waals surface area contributed by atoms with Crippen LogP contribution in [0.1, 0.15) is 24.7 Å². The Bertz CT molecular complexity index is 347. The summed E-state index contributed by atoms with van der Waals surface area (Å²) in [5.41, 5.74) is 6.36. The predicted molar refractivity (Wildman–Crippen MR) is 61.0 cm³/mol. The third kappa shape index (κ3) is 2.93. The summed E-state index contributed by atoms with van der Waals surface area (Å²) in [5.74, 6) is 0. The summed E-state index contributed by atoms with van der Waals surface area (Å²) < 4.78 is 1.81. The molecule has 1 aromatic rings. The lowest BCUT2D eigenvalue weighted by atomic mass is 10.0. The maximum Gasteiger partial charge on any atom is 0.0844 e. The minimum absolute atomic E-state index is 0.250. The van der Waals surface area contributed by atoms with Gasteiger partial charge in [-0.25, -0.2) is 0 Å². The highest BCUT2D eigenvalue weighted by molar-refractivity contribution is 6.31. The number of aliphatic hydroxyl groups is 1. The highest BCUT2D eigenvalue weighted by atomic mass is 35.5. The third-order valence-electron chi connectivity index (χ3n) is 2.60. The van der Waals surface area contributed by atoms with Gasteiger partial charge in [-0.2, -0.15) is 5.10 Å². The van der Waals surface area contributed by atoms with E-state index in [0.29, 0.717) is 18.0 Å². The van der Waals surface area contributed by atoms with Gasteiger partial charge in [-0.3, -0.25) is 4.68 Å². The maximum atomic E-state index is 9.75. The highest BCUT2D eigenvalue weighted by Gasteiger charge is 2.19. The zero-order chi connectivity index (χ0) is 11.6. The minimum atomic E-state index is -0.835. The molecule has 1 atom stereocenters. The van der Waals surface area contributed by atoms with E-state index in [9.17, 15) is 5.11 Å². The fraction of sp³-hybridized carbons (Fsp3) is 0.700. The number of aromatic nitrogens is 2. The smallest absolute Gasteiger partial charge is 0.0844 e.